The van der Waals surface area contributed by atoms with Gasteiger partial charge >= 0.3 is 0 Å². The number of likely N-dealkylation sites (tertiary alicyclic amines) is 1. The minimum absolute atomic E-state index is 0.00760. The molecule has 0 aromatic heterocycles. The molecule has 2 fully saturated rings. The van der Waals surface area contributed by atoms with Crippen LogP contribution in [0.1, 0.15) is 47.6 Å². The molecule has 0 unspecified atom stereocenters. The summed E-state index contributed by atoms with van der Waals surface area (Å²) in [5.41, 5.74) is 1.55. The van der Waals surface area contributed by atoms with E-state index in [2.05, 4.69) is 22.8 Å². The van der Waals surface area contributed by atoms with Crippen LogP contribution in [0.3, 0.4) is 0 Å². The molecule has 2 aromatic carbocycles. The summed E-state index contributed by atoms with van der Waals surface area (Å²) in [6.07, 6.45) is 3.23. The summed E-state index contributed by atoms with van der Waals surface area (Å²) in [4.78, 5) is 27.0. The van der Waals surface area contributed by atoms with Crippen LogP contribution in [0.25, 0.3) is 0 Å². The zero-order chi connectivity index (χ0) is 20.2. The average molecular weight is 393 g/mol. The molecular weight excluding hydrogens is 366 g/mol. The van der Waals surface area contributed by atoms with Gasteiger partial charge in [-0.25, -0.2) is 0 Å². The second-order valence-electron chi connectivity index (χ2n) is 7.85. The largest absolute Gasteiger partial charge is 0.507 e. The summed E-state index contributed by atoms with van der Waals surface area (Å²) in [7, 11) is 0. The zero-order valence-electron chi connectivity index (χ0n) is 16.4. The highest BCUT2D eigenvalue weighted by atomic mass is 16.3. The first kappa shape index (κ1) is 19.5. The van der Waals surface area contributed by atoms with Gasteiger partial charge in [-0.05, 0) is 43.4 Å². The molecule has 0 saturated carbocycles. The summed E-state index contributed by atoms with van der Waals surface area (Å²) in [6.45, 7) is 1.14. The topological polar surface area (TPSA) is 81.7 Å². The number of carbonyl (C=O) groups excluding carboxylic acids is 2. The number of rotatable bonds is 4. The van der Waals surface area contributed by atoms with E-state index in [1.165, 1.54) is 11.6 Å². The van der Waals surface area contributed by atoms with Crippen molar-refractivity contribution in [2.75, 3.05) is 13.1 Å². The van der Waals surface area contributed by atoms with E-state index in [9.17, 15) is 14.7 Å². The second-order valence-corrected chi connectivity index (χ2v) is 7.85. The second kappa shape index (κ2) is 8.66. The van der Waals surface area contributed by atoms with E-state index in [1.54, 1.807) is 23.1 Å². The van der Waals surface area contributed by atoms with E-state index < -0.39 is 0 Å². The van der Waals surface area contributed by atoms with Gasteiger partial charge in [-0.1, -0.05) is 42.5 Å². The molecule has 152 valence electrons. The molecule has 2 amide bonds. The van der Waals surface area contributed by atoms with Gasteiger partial charge in [-0.3, -0.25) is 14.9 Å². The number of aromatic hydroxyl groups is 1. The SMILES string of the molecule is O=C(NC1CCN(C(=O)c2ccccc2O)CC1)[C@H]1CC[C@H](c2ccccc2)N1. The molecule has 0 spiro atoms. The van der Waals surface area contributed by atoms with Crippen LogP contribution in [0.2, 0.25) is 0 Å². The normalized spacial score (nSPS) is 22.4. The Morgan fingerprint density at radius 2 is 1.62 bits per heavy atom. The summed E-state index contributed by atoms with van der Waals surface area (Å²) >= 11 is 0. The quantitative estimate of drug-likeness (QED) is 0.746. The average Bonchev–Trinajstić information content (AvgIpc) is 3.25. The Balaban J connectivity index is 1.26. The lowest BCUT2D eigenvalue weighted by Gasteiger charge is -2.33. The predicted molar refractivity (Wildman–Crippen MR) is 111 cm³/mol. The molecule has 2 aliphatic heterocycles. The van der Waals surface area contributed by atoms with Crippen molar-refractivity contribution in [2.45, 2.75) is 43.8 Å². The van der Waals surface area contributed by atoms with E-state index in [0.29, 0.717) is 18.7 Å². The fraction of sp³-hybridized carbons (Fsp3) is 0.391. The lowest BCUT2D eigenvalue weighted by Crippen LogP contribution is -2.50. The van der Waals surface area contributed by atoms with Crippen LogP contribution < -0.4 is 10.6 Å². The first-order valence-electron chi connectivity index (χ1n) is 10.3. The molecule has 0 aliphatic carbocycles. The molecule has 6 nitrogen and oxygen atoms in total. The molecule has 3 N–H and O–H groups in total. The fourth-order valence-corrected chi connectivity index (χ4v) is 4.25. The van der Waals surface area contributed by atoms with Crippen molar-refractivity contribution in [3.63, 3.8) is 0 Å². The Morgan fingerprint density at radius 1 is 0.931 bits per heavy atom. The maximum atomic E-state index is 12.7. The molecule has 0 bridgehead atoms. The monoisotopic (exact) mass is 393 g/mol. The molecule has 0 radical (unpaired) electrons. The Kier molecular flexibility index (Phi) is 5.81. The van der Waals surface area contributed by atoms with Crippen LogP contribution in [0.15, 0.2) is 54.6 Å². The number of hydrogen-bond donors (Lipinski definition) is 3. The van der Waals surface area contributed by atoms with Gasteiger partial charge in [0, 0.05) is 25.2 Å². The van der Waals surface area contributed by atoms with Gasteiger partial charge in [-0.15, -0.1) is 0 Å². The molecule has 2 aromatic rings. The smallest absolute Gasteiger partial charge is 0.257 e. The molecule has 2 atom stereocenters. The van der Waals surface area contributed by atoms with Crippen molar-refractivity contribution in [3.8, 4) is 5.75 Å². The number of piperidine rings is 1. The van der Waals surface area contributed by atoms with Gasteiger partial charge in [0.05, 0.1) is 11.6 Å². The summed E-state index contributed by atoms with van der Waals surface area (Å²) in [5, 5.41) is 16.5. The number of phenolic OH excluding ortho intramolecular Hbond substituents is 1. The van der Waals surface area contributed by atoms with Crippen LogP contribution in [-0.4, -0.2) is 47.0 Å². The van der Waals surface area contributed by atoms with Gasteiger partial charge in [0.15, 0.2) is 0 Å². The van der Waals surface area contributed by atoms with Crippen LogP contribution in [0.5, 0.6) is 5.75 Å². The number of benzene rings is 2. The van der Waals surface area contributed by atoms with Crippen molar-refractivity contribution in [1.29, 1.82) is 0 Å². The third-order valence-electron chi connectivity index (χ3n) is 5.93. The van der Waals surface area contributed by atoms with Crippen molar-refractivity contribution in [2.24, 2.45) is 0 Å². The van der Waals surface area contributed by atoms with E-state index in [4.69, 9.17) is 0 Å². The van der Waals surface area contributed by atoms with Crippen LogP contribution in [0.4, 0.5) is 0 Å². The third-order valence-corrected chi connectivity index (χ3v) is 5.93. The highest BCUT2D eigenvalue weighted by Crippen LogP contribution is 2.27. The summed E-state index contributed by atoms with van der Waals surface area (Å²) < 4.78 is 0. The number of phenols is 1. The molecule has 2 aliphatic rings. The first-order chi connectivity index (χ1) is 14.1. The van der Waals surface area contributed by atoms with Crippen LogP contribution >= 0.6 is 0 Å². The Bertz CT molecular complexity index is 863. The first-order valence-corrected chi connectivity index (χ1v) is 10.3. The van der Waals surface area contributed by atoms with Crippen molar-refractivity contribution >= 4 is 11.8 Å². The lowest BCUT2D eigenvalue weighted by atomic mass is 10.0. The standard InChI is InChI=1S/C23H27N3O3/c27-21-9-5-4-8-18(21)23(29)26-14-12-17(13-15-26)24-22(28)20-11-10-19(25-20)16-6-2-1-3-7-16/h1-9,17,19-20,25,27H,10-15H2,(H,24,28)/t19-,20-/m1/s1. The van der Waals surface area contributed by atoms with Gasteiger partial charge in [0.1, 0.15) is 5.75 Å². The molecule has 29 heavy (non-hydrogen) atoms. The number of para-hydroxylation sites is 1. The highest BCUT2D eigenvalue weighted by molar-refractivity contribution is 5.96. The van der Waals surface area contributed by atoms with E-state index in [1.807, 2.05) is 18.2 Å². The number of nitrogens with one attached hydrogen (secondary N) is 2. The minimum atomic E-state index is -0.166. The van der Waals surface area contributed by atoms with Crippen LogP contribution in [0, 0.1) is 0 Å². The minimum Gasteiger partial charge on any atom is -0.507 e. The van der Waals surface area contributed by atoms with E-state index in [0.717, 1.165) is 25.7 Å². The Morgan fingerprint density at radius 3 is 2.34 bits per heavy atom. The van der Waals surface area contributed by atoms with Gasteiger partial charge in [0.2, 0.25) is 5.91 Å². The van der Waals surface area contributed by atoms with Crippen molar-refractivity contribution < 1.29 is 14.7 Å². The van der Waals surface area contributed by atoms with E-state index >= 15 is 0 Å². The number of amides is 2. The Hall–Kier alpha value is -2.86. The molecule has 6 heteroatoms. The predicted octanol–water partition coefficient (Wildman–Crippen LogP) is 2.61. The maximum Gasteiger partial charge on any atom is 0.257 e. The third kappa shape index (κ3) is 4.43. The molecule has 2 saturated heterocycles. The maximum absolute atomic E-state index is 12.7. The molecule has 4 rings (SSSR count). The van der Waals surface area contributed by atoms with Gasteiger partial charge in [-0.2, -0.15) is 0 Å². The summed E-state index contributed by atoms with van der Waals surface area (Å²) in [5.74, 6) is -0.0989. The zero-order valence-corrected chi connectivity index (χ0v) is 16.4. The number of nitrogens with zero attached hydrogens (tertiary/aromatic N) is 1. The highest BCUT2D eigenvalue weighted by Gasteiger charge is 2.32. The van der Waals surface area contributed by atoms with Crippen molar-refractivity contribution in [3.05, 3.63) is 65.7 Å². The summed E-state index contributed by atoms with van der Waals surface area (Å²) in [6, 6.07) is 17.0. The van der Waals surface area contributed by atoms with Gasteiger partial charge < -0.3 is 15.3 Å². The van der Waals surface area contributed by atoms with Crippen LogP contribution in [-0.2, 0) is 4.79 Å². The lowest BCUT2D eigenvalue weighted by molar-refractivity contribution is -0.123. The number of carbonyl (C=O) groups is 2. The van der Waals surface area contributed by atoms with Gasteiger partial charge in [0.25, 0.3) is 5.91 Å². The van der Waals surface area contributed by atoms with E-state index in [-0.39, 0.29) is 35.7 Å². The van der Waals surface area contributed by atoms with Crippen molar-refractivity contribution in [1.82, 2.24) is 15.5 Å². The molecule has 2 heterocycles. The fourth-order valence-electron chi connectivity index (χ4n) is 4.25. The number of hydrogen-bond acceptors (Lipinski definition) is 4. The Labute approximate surface area is 170 Å². The molecular formula is C23H27N3O3.